The third-order valence-corrected chi connectivity index (χ3v) is 5.44. The molecular weight excluding hydrogens is 300 g/mol. The summed E-state index contributed by atoms with van der Waals surface area (Å²) in [4.78, 5) is 0.414. The summed E-state index contributed by atoms with van der Waals surface area (Å²) < 4.78 is 30.9. The van der Waals surface area contributed by atoms with E-state index < -0.39 is 9.84 Å². The molecule has 118 valence electrons. The molecule has 22 heavy (non-hydrogen) atoms. The van der Waals surface area contributed by atoms with Crippen LogP contribution >= 0.6 is 0 Å². The van der Waals surface area contributed by atoms with Crippen molar-refractivity contribution in [2.45, 2.75) is 37.5 Å². The van der Waals surface area contributed by atoms with E-state index in [0.29, 0.717) is 16.9 Å². The van der Waals surface area contributed by atoms with Gasteiger partial charge in [0.1, 0.15) is 11.5 Å². The lowest BCUT2D eigenvalue weighted by atomic mass is 10.1. The van der Waals surface area contributed by atoms with Gasteiger partial charge in [-0.1, -0.05) is 0 Å². The van der Waals surface area contributed by atoms with E-state index in [1.807, 2.05) is 13.8 Å². The smallest absolute Gasteiger partial charge is 0.206 e. The van der Waals surface area contributed by atoms with Crippen LogP contribution in [0.15, 0.2) is 34.1 Å². The van der Waals surface area contributed by atoms with Crippen molar-refractivity contribution < 1.29 is 18.3 Å². The summed E-state index contributed by atoms with van der Waals surface area (Å²) in [6.45, 7) is 7.01. The van der Waals surface area contributed by atoms with E-state index in [2.05, 4.69) is 0 Å². The largest absolute Gasteiger partial charge is 0.507 e. The van der Waals surface area contributed by atoms with Crippen molar-refractivity contribution in [3.63, 3.8) is 0 Å². The van der Waals surface area contributed by atoms with Crippen molar-refractivity contribution in [1.82, 2.24) is 0 Å². The number of phenolic OH excluding ortho intramolecular Hbond substituents is 1. The lowest BCUT2D eigenvalue weighted by molar-refractivity contribution is 0.408. The molecule has 0 radical (unpaired) electrons. The minimum absolute atomic E-state index is 0.126. The first kappa shape index (κ1) is 16.4. The zero-order chi connectivity index (χ0) is 16.7. The summed E-state index contributed by atoms with van der Waals surface area (Å²) in [5, 5.41) is 9.81. The maximum Gasteiger partial charge on any atom is 0.206 e. The highest BCUT2D eigenvalue weighted by Crippen LogP contribution is 2.32. The summed E-state index contributed by atoms with van der Waals surface area (Å²) in [6.07, 6.45) is 0. The lowest BCUT2D eigenvalue weighted by Crippen LogP contribution is -2.05. The Morgan fingerprint density at radius 1 is 0.818 bits per heavy atom. The summed E-state index contributed by atoms with van der Waals surface area (Å²) in [7, 11) is -2.07. The summed E-state index contributed by atoms with van der Waals surface area (Å²) >= 11 is 0. The van der Waals surface area contributed by atoms with Gasteiger partial charge in [-0.25, -0.2) is 8.42 Å². The number of sulfone groups is 1. The van der Waals surface area contributed by atoms with Gasteiger partial charge in [0.2, 0.25) is 9.84 Å². The Labute approximate surface area is 131 Å². The highest BCUT2D eigenvalue weighted by Gasteiger charge is 2.21. The number of benzene rings is 2. The van der Waals surface area contributed by atoms with Crippen LogP contribution in [0.4, 0.5) is 0 Å². The van der Waals surface area contributed by atoms with E-state index in [1.54, 1.807) is 33.1 Å². The van der Waals surface area contributed by atoms with Crippen LogP contribution in [-0.2, 0) is 9.84 Å². The highest BCUT2D eigenvalue weighted by molar-refractivity contribution is 7.91. The SMILES string of the molecule is COc1c(C)cc(S(=O)(=O)c2cc(C)c(O)c(C)c2)cc1C. The maximum atomic E-state index is 12.8. The third kappa shape index (κ3) is 2.68. The van der Waals surface area contributed by atoms with Gasteiger partial charge in [-0.3, -0.25) is 0 Å². The van der Waals surface area contributed by atoms with Crippen molar-refractivity contribution in [3.05, 3.63) is 46.5 Å². The summed E-state index contributed by atoms with van der Waals surface area (Å²) in [5.41, 5.74) is 2.63. The van der Waals surface area contributed by atoms with Gasteiger partial charge in [0.15, 0.2) is 0 Å². The molecule has 0 saturated heterocycles. The minimum Gasteiger partial charge on any atom is -0.507 e. The van der Waals surface area contributed by atoms with Crippen molar-refractivity contribution in [2.75, 3.05) is 7.11 Å². The number of hydrogen-bond acceptors (Lipinski definition) is 4. The van der Waals surface area contributed by atoms with Crippen LogP contribution in [0.5, 0.6) is 11.5 Å². The summed E-state index contributed by atoms with van der Waals surface area (Å²) in [6, 6.07) is 6.20. The van der Waals surface area contributed by atoms with Gasteiger partial charge in [0.25, 0.3) is 0 Å². The molecule has 0 fully saturated rings. The van der Waals surface area contributed by atoms with E-state index >= 15 is 0 Å². The standard InChI is InChI=1S/C17H20O4S/c1-10-6-14(7-11(2)16(10)18)22(19,20)15-8-12(3)17(21-5)13(4)9-15/h6-9,18H,1-5H3. The molecule has 0 aliphatic rings. The van der Waals surface area contributed by atoms with Crippen LogP contribution in [0.1, 0.15) is 22.3 Å². The zero-order valence-corrected chi connectivity index (χ0v) is 14.2. The first-order chi connectivity index (χ1) is 10.2. The molecule has 0 atom stereocenters. The van der Waals surface area contributed by atoms with E-state index in [0.717, 1.165) is 11.1 Å². The van der Waals surface area contributed by atoms with E-state index in [9.17, 15) is 13.5 Å². The molecule has 0 spiro atoms. The molecular formula is C17H20O4S. The van der Waals surface area contributed by atoms with Crippen molar-refractivity contribution >= 4 is 9.84 Å². The molecule has 0 bridgehead atoms. The Morgan fingerprint density at radius 3 is 1.55 bits per heavy atom. The molecule has 0 amide bonds. The van der Waals surface area contributed by atoms with Gasteiger partial charge >= 0.3 is 0 Å². The van der Waals surface area contributed by atoms with Crippen molar-refractivity contribution in [2.24, 2.45) is 0 Å². The Kier molecular flexibility index (Phi) is 4.20. The van der Waals surface area contributed by atoms with Crippen molar-refractivity contribution in [3.8, 4) is 11.5 Å². The number of rotatable bonds is 3. The molecule has 5 heteroatoms. The molecule has 2 rings (SSSR count). The number of hydrogen-bond donors (Lipinski definition) is 1. The molecule has 0 saturated carbocycles. The predicted octanol–water partition coefficient (Wildman–Crippen LogP) is 3.47. The molecule has 4 nitrogen and oxygen atoms in total. The molecule has 2 aromatic rings. The highest BCUT2D eigenvalue weighted by atomic mass is 32.2. The van der Waals surface area contributed by atoms with Crippen LogP contribution in [-0.4, -0.2) is 20.6 Å². The normalized spacial score (nSPS) is 11.5. The quantitative estimate of drug-likeness (QED) is 0.940. The monoisotopic (exact) mass is 320 g/mol. The van der Waals surface area contributed by atoms with Gasteiger partial charge in [-0.05, 0) is 74.2 Å². The molecule has 0 unspecified atom stereocenters. The van der Waals surface area contributed by atoms with E-state index in [4.69, 9.17) is 4.74 Å². The molecule has 1 N–H and O–H groups in total. The third-order valence-electron chi connectivity index (χ3n) is 3.72. The number of aromatic hydroxyl groups is 1. The number of phenols is 1. The molecule has 2 aromatic carbocycles. The lowest BCUT2D eigenvalue weighted by Gasteiger charge is -2.13. The second-order valence-electron chi connectivity index (χ2n) is 5.50. The Hall–Kier alpha value is -2.01. The van der Waals surface area contributed by atoms with Gasteiger partial charge in [-0.15, -0.1) is 0 Å². The second kappa shape index (κ2) is 5.65. The van der Waals surface area contributed by atoms with Gasteiger partial charge < -0.3 is 9.84 Å². The van der Waals surface area contributed by atoms with Crippen LogP contribution in [0.25, 0.3) is 0 Å². The fourth-order valence-corrected chi connectivity index (χ4v) is 4.19. The Bertz CT molecular complexity index is 790. The Morgan fingerprint density at radius 2 is 1.18 bits per heavy atom. The zero-order valence-electron chi connectivity index (χ0n) is 13.4. The summed E-state index contributed by atoms with van der Waals surface area (Å²) in [5.74, 6) is 0.818. The topological polar surface area (TPSA) is 63.6 Å². The molecule has 0 aliphatic heterocycles. The van der Waals surface area contributed by atoms with E-state index in [-0.39, 0.29) is 15.5 Å². The molecule has 0 aliphatic carbocycles. The van der Waals surface area contributed by atoms with Crippen LogP contribution in [0, 0.1) is 27.7 Å². The van der Waals surface area contributed by atoms with Crippen LogP contribution < -0.4 is 4.74 Å². The number of ether oxygens (including phenoxy) is 1. The second-order valence-corrected chi connectivity index (χ2v) is 7.45. The Balaban J connectivity index is 2.66. The predicted molar refractivity (Wildman–Crippen MR) is 85.5 cm³/mol. The first-order valence-electron chi connectivity index (χ1n) is 6.89. The number of methoxy groups -OCH3 is 1. The van der Waals surface area contributed by atoms with Gasteiger partial charge in [0.05, 0.1) is 16.9 Å². The van der Waals surface area contributed by atoms with Gasteiger partial charge in [0, 0.05) is 0 Å². The first-order valence-corrected chi connectivity index (χ1v) is 8.37. The minimum atomic E-state index is -3.64. The maximum absolute atomic E-state index is 12.8. The average Bonchev–Trinajstić information content (AvgIpc) is 2.43. The van der Waals surface area contributed by atoms with Crippen molar-refractivity contribution in [1.29, 1.82) is 0 Å². The number of aryl methyl sites for hydroxylation is 4. The van der Waals surface area contributed by atoms with E-state index in [1.165, 1.54) is 12.1 Å². The fraction of sp³-hybridized carbons (Fsp3) is 0.294. The fourth-order valence-electron chi connectivity index (χ4n) is 2.60. The molecule has 0 aromatic heterocycles. The average molecular weight is 320 g/mol. The van der Waals surface area contributed by atoms with Crippen LogP contribution in [0.2, 0.25) is 0 Å². The van der Waals surface area contributed by atoms with Gasteiger partial charge in [-0.2, -0.15) is 0 Å². The molecule has 0 heterocycles. The van der Waals surface area contributed by atoms with Crippen LogP contribution in [0.3, 0.4) is 0 Å².